The first-order valence-corrected chi connectivity index (χ1v) is 11.6. The van der Waals surface area contributed by atoms with E-state index in [-0.39, 0.29) is 5.91 Å². The number of anilines is 2. The number of hydrogen-bond acceptors (Lipinski definition) is 4. The average Bonchev–Trinajstić information content (AvgIpc) is 2.78. The summed E-state index contributed by atoms with van der Waals surface area (Å²) in [7, 11) is 1.59. The highest BCUT2D eigenvalue weighted by atomic mass is 79.9. The number of amides is 1. The van der Waals surface area contributed by atoms with Crippen LogP contribution in [-0.4, -0.2) is 19.6 Å². The predicted octanol–water partition coefficient (Wildman–Crippen LogP) is 7.04. The van der Waals surface area contributed by atoms with E-state index in [4.69, 9.17) is 21.1 Å². The molecule has 0 aromatic heterocycles. The number of nitrogens with zero attached hydrogens (tertiary/aromatic N) is 1. The van der Waals surface area contributed by atoms with Crippen LogP contribution < -0.4 is 19.7 Å². The van der Waals surface area contributed by atoms with Crippen LogP contribution in [0.15, 0.2) is 63.5 Å². The van der Waals surface area contributed by atoms with Crippen LogP contribution in [0.3, 0.4) is 0 Å². The monoisotopic (exact) mass is 564 g/mol. The maximum absolute atomic E-state index is 13.6. The smallest absolute Gasteiger partial charge is 0.262 e. The summed E-state index contributed by atoms with van der Waals surface area (Å²) >= 11 is 13.4. The Hall–Kier alpha value is -2.22. The highest BCUT2D eigenvalue weighted by Crippen LogP contribution is 2.47. The molecule has 3 aromatic carbocycles. The number of nitrogens with one attached hydrogen (secondary N) is 1. The SMILES string of the molecule is CCOc1c(OC)cc(C2Nc3ccccc3C(=O)N2c2ccc(Cl)cc2)c(Br)c1Br. The van der Waals surface area contributed by atoms with Gasteiger partial charge < -0.3 is 14.8 Å². The van der Waals surface area contributed by atoms with Gasteiger partial charge in [0.1, 0.15) is 6.17 Å². The second-order valence-electron chi connectivity index (χ2n) is 6.80. The van der Waals surface area contributed by atoms with E-state index in [0.717, 1.165) is 21.4 Å². The van der Waals surface area contributed by atoms with E-state index in [0.29, 0.717) is 33.2 Å². The molecule has 5 nitrogen and oxygen atoms in total. The highest BCUT2D eigenvalue weighted by Gasteiger charge is 2.36. The van der Waals surface area contributed by atoms with E-state index >= 15 is 0 Å². The summed E-state index contributed by atoms with van der Waals surface area (Å²) in [6.45, 7) is 2.40. The number of halogens is 3. The van der Waals surface area contributed by atoms with Crippen molar-refractivity contribution in [3.8, 4) is 11.5 Å². The molecule has 1 atom stereocenters. The zero-order chi connectivity index (χ0) is 22.1. The van der Waals surface area contributed by atoms with Crippen molar-refractivity contribution < 1.29 is 14.3 Å². The second-order valence-corrected chi connectivity index (χ2v) is 8.82. The number of carbonyl (C=O) groups excluding carboxylic acids is 1. The molecule has 0 spiro atoms. The molecule has 1 aliphatic heterocycles. The lowest BCUT2D eigenvalue weighted by Crippen LogP contribution is -2.43. The van der Waals surface area contributed by atoms with E-state index in [2.05, 4.69) is 37.2 Å². The Labute approximate surface area is 202 Å². The van der Waals surface area contributed by atoms with Crippen LogP contribution in [0.1, 0.15) is 29.0 Å². The van der Waals surface area contributed by atoms with Crippen LogP contribution in [0.25, 0.3) is 0 Å². The van der Waals surface area contributed by atoms with Crippen molar-refractivity contribution in [1.29, 1.82) is 0 Å². The van der Waals surface area contributed by atoms with Crippen LogP contribution in [0, 0.1) is 0 Å². The first-order valence-electron chi connectivity index (χ1n) is 9.59. The fourth-order valence-corrected chi connectivity index (χ4v) is 4.75. The Morgan fingerprint density at radius 1 is 1.10 bits per heavy atom. The van der Waals surface area contributed by atoms with Gasteiger partial charge in [0, 0.05) is 26.4 Å². The van der Waals surface area contributed by atoms with Crippen molar-refractivity contribution in [3.63, 3.8) is 0 Å². The molecule has 0 fully saturated rings. The third kappa shape index (κ3) is 4.02. The molecule has 0 saturated heterocycles. The molecule has 1 amide bonds. The van der Waals surface area contributed by atoms with Crippen LogP contribution in [0.2, 0.25) is 5.02 Å². The molecule has 1 aliphatic rings. The van der Waals surface area contributed by atoms with E-state index < -0.39 is 6.17 Å². The molecular weight excluding hydrogens is 548 g/mol. The lowest BCUT2D eigenvalue weighted by Gasteiger charge is -2.39. The van der Waals surface area contributed by atoms with E-state index in [1.54, 1.807) is 24.1 Å². The number of hydrogen-bond donors (Lipinski definition) is 1. The van der Waals surface area contributed by atoms with Gasteiger partial charge in [0.05, 0.1) is 23.8 Å². The summed E-state index contributed by atoms with van der Waals surface area (Å²) in [6, 6.07) is 16.5. The summed E-state index contributed by atoms with van der Waals surface area (Å²) < 4.78 is 12.8. The Morgan fingerprint density at radius 2 is 1.81 bits per heavy atom. The molecule has 31 heavy (non-hydrogen) atoms. The molecular formula is C23H19Br2ClN2O3. The topological polar surface area (TPSA) is 50.8 Å². The van der Waals surface area contributed by atoms with Crippen molar-refractivity contribution in [1.82, 2.24) is 0 Å². The second kappa shape index (κ2) is 9.10. The van der Waals surface area contributed by atoms with Gasteiger partial charge in [-0.25, -0.2) is 0 Å². The summed E-state index contributed by atoms with van der Waals surface area (Å²) in [5.74, 6) is 1.05. The quantitative estimate of drug-likeness (QED) is 0.360. The van der Waals surface area contributed by atoms with Gasteiger partial charge in [0.15, 0.2) is 11.5 Å². The zero-order valence-electron chi connectivity index (χ0n) is 16.8. The van der Waals surface area contributed by atoms with Crippen molar-refractivity contribution >= 4 is 60.7 Å². The van der Waals surface area contributed by atoms with Crippen LogP contribution in [-0.2, 0) is 0 Å². The average molecular weight is 567 g/mol. The number of methoxy groups -OCH3 is 1. The summed E-state index contributed by atoms with van der Waals surface area (Å²) in [5, 5.41) is 4.10. The fourth-order valence-electron chi connectivity index (χ4n) is 3.57. The number of rotatable bonds is 5. The molecule has 0 bridgehead atoms. The van der Waals surface area contributed by atoms with Gasteiger partial charge in [-0.15, -0.1) is 0 Å². The molecule has 8 heteroatoms. The Kier molecular flexibility index (Phi) is 6.46. The van der Waals surface area contributed by atoms with E-state index in [9.17, 15) is 4.79 Å². The van der Waals surface area contributed by atoms with Gasteiger partial charge in [-0.05, 0) is 81.2 Å². The van der Waals surface area contributed by atoms with Crippen LogP contribution >= 0.6 is 43.5 Å². The van der Waals surface area contributed by atoms with Gasteiger partial charge in [0.2, 0.25) is 0 Å². The van der Waals surface area contributed by atoms with Gasteiger partial charge in [-0.2, -0.15) is 0 Å². The van der Waals surface area contributed by atoms with Crippen molar-refractivity contribution in [3.05, 3.63) is 79.7 Å². The minimum atomic E-state index is -0.501. The van der Waals surface area contributed by atoms with Crippen LogP contribution in [0.4, 0.5) is 11.4 Å². The molecule has 160 valence electrons. The molecule has 1 unspecified atom stereocenters. The van der Waals surface area contributed by atoms with Gasteiger partial charge in [-0.1, -0.05) is 23.7 Å². The number of fused-ring (bicyclic) bond motifs is 1. The van der Waals surface area contributed by atoms with Gasteiger partial charge in [-0.3, -0.25) is 9.69 Å². The standard InChI is InChI=1S/C23H19Br2ClN2O3/c1-3-31-21-18(30-2)12-16(19(24)20(21)25)22-27-17-7-5-4-6-15(17)23(29)28(22)14-10-8-13(26)9-11-14/h4-12,22,27H,3H2,1-2H3. The normalized spacial score (nSPS) is 15.3. The minimum absolute atomic E-state index is 0.113. The molecule has 4 rings (SSSR count). The molecule has 3 aromatic rings. The third-order valence-corrected chi connectivity index (χ3v) is 7.39. The highest BCUT2D eigenvalue weighted by molar-refractivity contribution is 9.13. The van der Waals surface area contributed by atoms with E-state index in [1.165, 1.54) is 0 Å². The number of carbonyl (C=O) groups is 1. The fraction of sp³-hybridized carbons (Fsp3) is 0.174. The van der Waals surface area contributed by atoms with Crippen molar-refractivity contribution in [2.45, 2.75) is 13.1 Å². The maximum Gasteiger partial charge on any atom is 0.262 e. The van der Waals surface area contributed by atoms with Gasteiger partial charge in [0.25, 0.3) is 5.91 Å². The minimum Gasteiger partial charge on any atom is -0.493 e. The van der Waals surface area contributed by atoms with Gasteiger partial charge >= 0.3 is 0 Å². The van der Waals surface area contributed by atoms with Crippen molar-refractivity contribution in [2.24, 2.45) is 0 Å². The van der Waals surface area contributed by atoms with Crippen molar-refractivity contribution in [2.75, 3.05) is 23.9 Å². The largest absolute Gasteiger partial charge is 0.493 e. The van der Waals surface area contributed by atoms with E-state index in [1.807, 2.05) is 49.4 Å². The summed E-state index contributed by atoms with van der Waals surface area (Å²) in [5.41, 5.74) is 2.89. The summed E-state index contributed by atoms with van der Waals surface area (Å²) in [4.78, 5) is 15.3. The molecule has 0 saturated carbocycles. The molecule has 0 aliphatic carbocycles. The first-order chi connectivity index (χ1) is 15.0. The maximum atomic E-state index is 13.6. The Bertz CT molecular complexity index is 1140. The van der Waals surface area contributed by atoms with Crippen LogP contribution in [0.5, 0.6) is 11.5 Å². The lowest BCUT2D eigenvalue weighted by molar-refractivity contribution is 0.0974. The molecule has 1 N–H and O–H groups in total. The molecule has 0 radical (unpaired) electrons. The Balaban J connectivity index is 1.91. The Morgan fingerprint density at radius 3 is 2.48 bits per heavy atom. The summed E-state index contributed by atoms with van der Waals surface area (Å²) in [6.07, 6.45) is -0.501. The number of para-hydroxylation sites is 1. The first kappa shape index (κ1) is 22.0. The number of benzene rings is 3. The molecule has 1 heterocycles. The lowest BCUT2D eigenvalue weighted by atomic mass is 10.0. The zero-order valence-corrected chi connectivity index (χ0v) is 20.7. The number of ether oxygens (including phenoxy) is 2. The predicted molar refractivity (Wildman–Crippen MR) is 131 cm³/mol. The third-order valence-electron chi connectivity index (χ3n) is 4.99.